The predicted octanol–water partition coefficient (Wildman–Crippen LogP) is 2.08. The minimum Gasteiger partial charge on any atom is -0.396 e. The van der Waals surface area contributed by atoms with E-state index in [2.05, 4.69) is 48.4 Å². The van der Waals surface area contributed by atoms with Gasteiger partial charge in [0.05, 0.1) is 0 Å². The van der Waals surface area contributed by atoms with Gasteiger partial charge in [-0.2, -0.15) is 4.99 Å². The molecule has 0 spiro atoms. The second-order valence-electron chi connectivity index (χ2n) is 6.48. The Kier molecular flexibility index (Phi) is 3.32. The van der Waals surface area contributed by atoms with Gasteiger partial charge < -0.3 is 20.7 Å². The molecule has 1 aromatic rings. The van der Waals surface area contributed by atoms with E-state index >= 15 is 0 Å². The largest absolute Gasteiger partial charge is 0.396 e. The first-order chi connectivity index (χ1) is 9.95. The van der Waals surface area contributed by atoms with E-state index in [1.54, 1.807) is 0 Å². The van der Waals surface area contributed by atoms with Crippen LogP contribution in [0, 0.1) is 23.7 Å². The Bertz CT molecular complexity index is 603. The summed E-state index contributed by atoms with van der Waals surface area (Å²) in [6.45, 7) is 11.0. The van der Waals surface area contributed by atoms with E-state index in [9.17, 15) is 5.11 Å². The van der Waals surface area contributed by atoms with Crippen molar-refractivity contribution < 1.29 is 5.11 Å². The minimum absolute atomic E-state index is 0.242. The normalized spacial score (nSPS) is 35.3. The number of aliphatic imine (C=N–C) groups is 1. The quantitative estimate of drug-likeness (QED) is 0.780. The van der Waals surface area contributed by atoms with Gasteiger partial charge in [0.15, 0.2) is 5.96 Å². The Morgan fingerprint density at radius 2 is 2.05 bits per heavy atom. The molecule has 5 atom stereocenters. The molecule has 114 valence electrons. The molecule has 2 heterocycles. The lowest BCUT2D eigenvalue weighted by molar-refractivity contribution is 0.163. The van der Waals surface area contributed by atoms with E-state index in [0.717, 1.165) is 17.1 Å². The molecule has 1 aliphatic heterocycles. The predicted molar refractivity (Wildman–Crippen MR) is 85.0 cm³/mol. The number of nitrogens with zero attached hydrogens (tertiary/aromatic N) is 2. The Hall–Kier alpha value is -1.75. The molecule has 3 rings (SSSR count). The number of aliphatic hydroxyl groups is 1. The van der Waals surface area contributed by atoms with E-state index in [-0.39, 0.29) is 6.61 Å². The molecule has 0 amide bonds. The molecule has 0 aromatic carbocycles. The number of guanidine groups is 1. The van der Waals surface area contributed by atoms with Gasteiger partial charge in [-0.25, -0.2) is 0 Å². The number of rotatable bonds is 2. The monoisotopic (exact) mass is 288 g/mol. The molecule has 2 unspecified atom stereocenters. The molecule has 21 heavy (non-hydrogen) atoms. The zero-order valence-corrected chi connectivity index (χ0v) is 12.9. The molecule has 1 fully saturated rings. The second-order valence-corrected chi connectivity index (χ2v) is 6.48. The molecule has 1 aromatic heterocycles. The summed E-state index contributed by atoms with van der Waals surface area (Å²) >= 11 is 0. The van der Waals surface area contributed by atoms with Crippen molar-refractivity contribution in [1.82, 2.24) is 9.88 Å². The van der Waals surface area contributed by atoms with Gasteiger partial charge in [0, 0.05) is 30.1 Å². The van der Waals surface area contributed by atoms with Crippen LogP contribution in [0.5, 0.6) is 0 Å². The van der Waals surface area contributed by atoms with Gasteiger partial charge in [-0.1, -0.05) is 27.4 Å². The fourth-order valence-corrected chi connectivity index (χ4v) is 4.15. The Labute approximate surface area is 125 Å². The van der Waals surface area contributed by atoms with Crippen molar-refractivity contribution in [2.45, 2.75) is 26.8 Å². The van der Waals surface area contributed by atoms with Crippen LogP contribution in [0.15, 0.2) is 23.8 Å². The van der Waals surface area contributed by atoms with E-state index in [1.165, 1.54) is 0 Å². The summed E-state index contributed by atoms with van der Waals surface area (Å²) in [5.74, 6) is 2.96. The first-order valence-corrected chi connectivity index (χ1v) is 7.57. The maximum Gasteiger partial charge on any atom is 0.199 e. The van der Waals surface area contributed by atoms with E-state index in [1.807, 2.05) is 6.07 Å². The lowest BCUT2D eigenvalue weighted by Gasteiger charge is -2.26. The smallest absolute Gasteiger partial charge is 0.199 e. The summed E-state index contributed by atoms with van der Waals surface area (Å²) in [7, 11) is 0. The highest BCUT2D eigenvalue weighted by Gasteiger charge is 2.45. The lowest BCUT2D eigenvalue weighted by atomic mass is 9.90. The molecule has 5 heteroatoms. The van der Waals surface area contributed by atoms with Crippen LogP contribution < -0.4 is 11.1 Å². The summed E-state index contributed by atoms with van der Waals surface area (Å²) < 4.78 is 2.22. The molecule has 2 aliphatic rings. The fraction of sp³-hybridized carbons (Fsp3) is 0.562. The van der Waals surface area contributed by atoms with Gasteiger partial charge in [-0.05, 0) is 29.7 Å². The first-order valence-electron chi connectivity index (χ1n) is 7.57. The zero-order valence-electron chi connectivity index (χ0n) is 12.9. The second kappa shape index (κ2) is 4.91. The van der Waals surface area contributed by atoms with Crippen molar-refractivity contribution in [1.29, 1.82) is 0 Å². The zero-order chi connectivity index (χ0) is 15.3. The van der Waals surface area contributed by atoms with Crippen LogP contribution in [0.3, 0.4) is 0 Å². The molecule has 1 aliphatic carbocycles. The van der Waals surface area contributed by atoms with Crippen molar-refractivity contribution in [3.05, 3.63) is 24.4 Å². The molecule has 1 saturated carbocycles. The highest BCUT2D eigenvalue weighted by atomic mass is 16.3. The maximum atomic E-state index is 9.68. The van der Waals surface area contributed by atoms with Gasteiger partial charge in [-0.15, -0.1) is 0 Å². The van der Waals surface area contributed by atoms with Gasteiger partial charge in [0.2, 0.25) is 0 Å². The summed E-state index contributed by atoms with van der Waals surface area (Å²) in [4.78, 5) is 4.47. The standard InChI is InChI=1S/C16H24N4O/c1-8-9(2)14(10(3)13(8)7-21)20-6-5-12-11(4)18-16(17)19-15(12)20/h5-6,8-10,13-14,21H,4,7H2,1-3H3,(H3,17,18,19)/t8-,9?,10?,13-,14+/m1/s1. The number of fused-ring (bicyclic) bond motifs is 1. The van der Waals surface area contributed by atoms with Crippen LogP contribution in [0.4, 0.5) is 5.82 Å². The lowest BCUT2D eigenvalue weighted by Crippen LogP contribution is -2.32. The number of hydrogen-bond donors (Lipinski definition) is 3. The van der Waals surface area contributed by atoms with Crippen molar-refractivity contribution in [2.75, 3.05) is 6.61 Å². The van der Waals surface area contributed by atoms with Crippen LogP contribution in [-0.4, -0.2) is 22.2 Å². The Balaban J connectivity index is 2.05. The third-order valence-corrected chi connectivity index (χ3v) is 5.51. The topological polar surface area (TPSA) is 75.6 Å². The third-order valence-electron chi connectivity index (χ3n) is 5.51. The van der Waals surface area contributed by atoms with Crippen molar-refractivity contribution in [3.8, 4) is 0 Å². The molecular formula is C16H24N4O. The maximum absolute atomic E-state index is 9.68. The number of aromatic nitrogens is 1. The van der Waals surface area contributed by atoms with Crippen LogP contribution in [0.1, 0.15) is 32.4 Å². The number of nitrogens with one attached hydrogen (secondary N) is 1. The molecule has 4 N–H and O–H groups in total. The van der Waals surface area contributed by atoms with E-state index < -0.39 is 0 Å². The van der Waals surface area contributed by atoms with Gasteiger partial charge in [0.25, 0.3) is 0 Å². The van der Waals surface area contributed by atoms with Crippen molar-refractivity contribution in [2.24, 2.45) is 34.4 Å². The summed E-state index contributed by atoms with van der Waals surface area (Å²) in [6.07, 6.45) is 2.07. The number of nitrogens with two attached hydrogens (primary N) is 1. The molecular weight excluding hydrogens is 264 g/mol. The summed E-state index contributed by atoms with van der Waals surface area (Å²) in [5, 5.41) is 12.7. The van der Waals surface area contributed by atoms with Crippen LogP contribution in [0.2, 0.25) is 0 Å². The van der Waals surface area contributed by atoms with Crippen LogP contribution >= 0.6 is 0 Å². The average molecular weight is 288 g/mol. The molecule has 5 nitrogen and oxygen atoms in total. The van der Waals surface area contributed by atoms with Gasteiger partial charge in [-0.3, -0.25) is 0 Å². The summed E-state index contributed by atoms with van der Waals surface area (Å²) in [6, 6.07) is 2.36. The first kappa shape index (κ1) is 14.2. The van der Waals surface area contributed by atoms with E-state index in [0.29, 0.717) is 35.7 Å². The Morgan fingerprint density at radius 3 is 2.67 bits per heavy atom. The molecule has 0 saturated heterocycles. The molecule has 0 radical (unpaired) electrons. The summed E-state index contributed by atoms with van der Waals surface area (Å²) in [5.41, 5.74) is 7.64. The Morgan fingerprint density at radius 1 is 1.33 bits per heavy atom. The highest BCUT2D eigenvalue weighted by molar-refractivity contribution is 5.94. The van der Waals surface area contributed by atoms with Crippen molar-refractivity contribution >= 4 is 17.5 Å². The van der Waals surface area contributed by atoms with Crippen molar-refractivity contribution in [3.63, 3.8) is 0 Å². The average Bonchev–Trinajstić information content (AvgIpc) is 2.91. The van der Waals surface area contributed by atoms with Crippen LogP contribution in [-0.2, 0) is 0 Å². The van der Waals surface area contributed by atoms with E-state index in [4.69, 9.17) is 5.73 Å². The molecule has 0 bridgehead atoms. The highest BCUT2D eigenvalue weighted by Crippen LogP contribution is 2.50. The van der Waals surface area contributed by atoms with Gasteiger partial charge >= 0.3 is 0 Å². The third kappa shape index (κ3) is 1.99. The SMILES string of the molecule is C=C1NC(N)=Nc2c1ccn2[C@H]1C(C)[C@@H](C)[C@@H](CO)C1C. The van der Waals surface area contributed by atoms with Gasteiger partial charge in [0.1, 0.15) is 5.82 Å². The minimum atomic E-state index is 0.242. The van der Waals surface area contributed by atoms with Crippen LogP contribution in [0.25, 0.3) is 5.70 Å². The number of hydrogen-bond acceptors (Lipinski definition) is 4. The number of aliphatic hydroxyl groups excluding tert-OH is 1. The fourth-order valence-electron chi connectivity index (χ4n) is 4.15.